The number of carbonyl (C=O) groups excluding carboxylic acids is 3. The molecule has 1 aliphatic heterocycles. The Hall–Kier alpha value is -1.69. The molecule has 1 heterocycles. The minimum absolute atomic E-state index is 0.0147. The van der Waals surface area contributed by atoms with Gasteiger partial charge in [0.1, 0.15) is 11.6 Å². The summed E-state index contributed by atoms with van der Waals surface area (Å²) in [5.74, 6) is -0.349. The maximum Gasteiger partial charge on any atom is 0.243 e. The van der Waals surface area contributed by atoms with Crippen molar-refractivity contribution in [2.24, 2.45) is 11.3 Å². The predicted octanol–water partition coefficient (Wildman–Crippen LogP) is 1.26. The minimum atomic E-state index is -0.817. The first-order valence-electron chi connectivity index (χ1n) is 9.02. The molecule has 1 aliphatic carbocycles. The van der Waals surface area contributed by atoms with E-state index in [1.54, 1.807) is 18.0 Å². The highest BCUT2D eigenvalue weighted by Crippen LogP contribution is 2.45. The Balaban J connectivity index is 2.13. The zero-order valence-electron chi connectivity index (χ0n) is 16.0. The fourth-order valence-corrected chi connectivity index (χ4v) is 3.91. The summed E-state index contributed by atoms with van der Waals surface area (Å²) < 4.78 is 0. The summed E-state index contributed by atoms with van der Waals surface area (Å²) in [7, 11) is 1.77. The van der Waals surface area contributed by atoms with Gasteiger partial charge in [-0.2, -0.15) is 0 Å². The van der Waals surface area contributed by atoms with E-state index in [1.165, 1.54) is 6.92 Å². The number of likely N-dealkylation sites (tertiary alicyclic amines) is 1. The number of hydrogen-bond donors (Lipinski definition) is 2. The minimum Gasteiger partial charge on any atom is -0.341 e. The number of ketones is 1. The summed E-state index contributed by atoms with van der Waals surface area (Å²) in [4.78, 5) is 39.5. The smallest absolute Gasteiger partial charge is 0.243 e. The number of likely N-dealkylation sites (N-methyl/N-ethyl adjacent to an activating group) is 1. The summed E-state index contributed by atoms with van der Waals surface area (Å²) in [5, 5.41) is 6.00. The van der Waals surface area contributed by atoms with E-state index < -0.39 is 11.6 Å². The number of carbonyl (C=O) groups is 3. The van der Waals surface area contributed by atoms with Gasteiger partial charge in [-0.1, -0.05) is 26.8 Å². The maximum atomic E-state index is 13.0. The molecule has 1 saturated heterocycles. The number of Topliss-reactive ketones (excluding diaryl/α,β-unsaturated/α-hetero) is 1. The lowest BCUT2D eigenvalue weighted by atomic mass is 9.86. The molecule has 0 aromatic carbocycles. The van der Waals surface area contributed by atoms with Gasteiger partial charge in [0, 0.05) is 12.5 Å². The van der Waals surface area contributed by atoms with E-state index >= 15 is 0 Å². The lowest BCUT2D eigenvalue weighted by Gasteiger charge is -2.35. The van der Waals surface area contributed by atoms with Crippen LogP contribution in [0.3, 0.4) is 0 Å². The van der Waals surface area contributed by atoms with E-state index in [2.05, 4.69) is 17.2 Å². The molecule has 2 rings (SSSR count). The molecule has 6 heteroatoms. The van der Waals surface area contributed by atoms with Crippen LogP contribution in [0.1, 0.15) is 47.0 Å². The van der Waals surface area contributed by atoms with Gasteiger partial charge >= 0.3 is 0 Å². The third kappa shape index (κ3) is 3.64. The highest BCUT2D eigenvalue weighted by Gasteiger charge is 2.58. The zero-order chi connectivity index (χ0) is 19.0. The normalized spacial score (nSPS) is 29.9. The van der Waals surface area contributed by atoms with Gasteiger partial charge in [-0.25, -0.2) is 0 Å². The molecule has 1 saturated carbocycles. The van der Waals surface area contributed by atoms with Crippen LogP contribution in [0.25, 0.3) is 0 Å². The standard InChI is InChI=1S/C19H31N3O3/c1-7-13-11-19(13,12(2)23)21-16(24)14-9-8-10-22(14)17(25)15(20-6)18(3,4)5/h7,13-15,20H,1,8-11H2,2-6H3,(H,21,24)/t13-,14+,15-,19+/m1/s1. The zero-order valence-corrected chi connectivity index (χ0v) is 16.0. The molecule has 2 fully saturated rings. The SMILES string of the molecule is C=C[C@@H]1C[C@]1(NC(=O)[C@@H]1CCCN1C(=O)[C@@H](NC)C(C)(C)C)C(C)=O. The second kappa shape index (κ2) is 6.90. The molecule has 0 aromatic rings. The molecule has 4 atom stereocenters. The maximum absolute atomic E-state index is 13.0. The van der Waals surface area contributed by atoms with Crippen LogP contribution in [0.4, 0.5) is 0 Å². The first-order valence-corrected chi connectivity index (χ1v) is 9.02. The Bertz CT molecular complexity index is 581. The number of nitrogens with one attached hydrogen (secondary N) is 2. The summed E-state index contributed by atoms with van der Waals surface area (Å²) in [5.41, 5.74) is -1.07. The molecule has 6 nitrogen and oxygen atoms in total. The highest BCUT2D eigenvalue weighted by molar-refractivity contribution is 5.98. The molecule has 0 unspecified atom stereocenters. The van der Waals surface area contributed by atoms with E-state index in [0.29, 0.717) is 19.4 Å². The largest absolute Gasteiger partial charge is 0.341 e. The highest BCUT2D eigenvalue weighted by atomic mass is 16.2. The summed E-state index contributed by atoms with van der Waals surface area (Å²) in [6.45, 7) is 11.8. The number of nitrogens with zero attached hydrogens (tertiary/aromatic N) is 1. The van der Waals surface area contributed by atoms with Crippen molar-refractivity contribution < 1.29 is 14.4 Å². The molecule has 140 valence electrons. The average Bonchev–Trinajstić information content (AvgIpc) is 3.01. The topological polar surface area (TPSA) is 78.5 Å². The van der Waals surface area contributed by atoms with Crippen LogP contribution in [-0.4, -0.2) is 53.7 Å². The first kappa shape index (κ1) is 19.6. The molecule has 0 spiro atoms. The Labute approximate surface area is 150 Å². The van der Waals surface area contributed by atoms with Gasteiger partial charge in [-0.05, 0) is 38.6 Å². The van der Waals surface area contributed by atoms with Gasteiger partial charge in [0.2, 0.25) is 11.8 Å². The van der Waals surface area contributed by atoms with Crippen LogP contribution in [0, 0.1) is 11.3 Å². The van der Waals surface area contributed by atoms with Gasteiger partial charge in [0.25, 0.3) is 0 Å². The van der Waals surface area contributed by atoms with Crippen molar-refractivity contribution in [2.45, 2.75) is 64.6 Å². The number of amides is 2. The molecule has 2 aliphatic rings. The van der Waals surface area contributed by atoms with Gasteiger partial charge in [0.15, 0.2) is 5.78 Å². The second-order valence-electron chi connectivity index (χ2n) is 8.34. The average molecular weight is 349 g/mol. The molecule has 0 bridgehead atoms. The van der Waals surface area contributed by atoms with Crippen LogP contribution in [-0.2, 0) is 14.4 Å². The summed E-state index contributed by atoms with van der Waals surface area (Å²) >= 11 is 0. The lowest BCUT2D eigenvalue weighted by Crippen LogP contribution is -2.57. The Morgan fingerprint density at radius 3 is 2.40 bits per heavy atom. The van der Waals surface area contributed by atoms with Crippen LogP contribution in [0.5, 0.6) is 0 Å². The van der Waals surface area contributed by atoms with E-state index in [1.807, 2.05) is 20.8 Å². The monoisotopic (exact) mass is 349 g/mol. The van der Waals surface area contributed by atoms with Crippen LogP contribution in [0.2, 0.25) is 0 Å². The van der Waals surface area contributed by atoms with E-state index in [9.17, 15) is 14.4 Å². The van der Waals surface area contributed by atoms with Crippen molar-refractivity contribution in [3.63, 3.8) is 0 Å². The molecule has 0 aromatic heterocycles. The third-order valence-corrected chi connectivity index (χ3v) is 5.51. The number of rotatable bonds is 6. The van der Waals surface area contributed by atoms with E-state index in [0.717, 1.165) is 6.42 Å². The Morgan fingerprint density at radius 1 is 1.32 bits per heavy atom. The van der Waals surface area contributed by atoms with Gasteiger partial charge in [0.05, 0.1) is 6.04 Å². The van der Waals surface area contributed by atoms with Crippen molar-refractivity contribution in [3.05, 3.63) is 12.7 Å². The second-order valence-corrected chi connectivity index (χ2v) is 8.34. The third-order valence-electron chi connectivity index (χ3n) is 5.51. The number of hydrogen-bond acceptors (Lipinski definition) is 4. The Morgan fingerprint density at radius 2 is 1.96 bits per heavy atom. The summed E-state index contributed by atoms with van der Waals surface area (Å²) in [6, 6.07) is -0.863. The molecule has 0 radical (unpaired) electrons. The predicted molar refractivity (Wildman–Crippen MR) is 96.9 cm³/mol. The fraction of sp³-hybridized carbons (Fsp3) is 0.737. The van der Waals surface area contributed by atoms with Crippen molar-refractivity contribution in [1.82, 2.24) is 15.5 Å². The first-order chi connectivity index (χ1) is 11.6. The van der Waals surface area contributed by atoms with Crippen molar-refractivity contribution in [3.8, 4) is 0 Å². The van der Waals surface area contributed by atoms with Gasteiger partial charge in [-0.15, -0.1) is 6.58 Å². The quantitative estimate of drug-likeness (QED) is 0.708. The van der Waals surface area contributed by atoms with E-state index in [-0.39, 0.29) is 35.0 Å². The van der Waals surface area contributed by atoms with Crippen molar-refractivity contribution >= 4 is 17.6 Å². The van der Waals surface area contributed by atoms with Crippen LogP contribution in [0.15, 0.2) is 12.7 Å². The van der Waals surface area contributed by atoms with Gasteiger partial charge in [-0.3, -0.25) is 14.4 Å². The molecule has 25 heavy (non-hydrogen) atoms. The van der Waals surface area contributed by atoms with Gasteiger partial charge < -0.3 is 15.5 Å². The molecular formula is C19H31N3O3. The van der Waals surface area contributed by atoms with Crippen molar-refractivity contribution in [1.29, 1.82) is 0 Å². The van der Waals surface area contributed by atoms with Crippen LogP contribution >= 0.6 is 0 Å². The van der Waals surface area contributed by atoms with E-state index in [4.69, 9.17) is 0 Å². The Kier molecular flexibility index (Phi) is 5.42. The lowest BCUT2D eigenvalue weighted by molar-refractivity contribution is -0.142. The fourth-order valence-electron chi connectivity index (χ4n) is 3.91. The van der Waals surface area contributed by atoms with Crippen molar-refractivity contribution in [2.75, 3.05) is 13.6 Å². The van der Waals surface area contributed by atoms with Crippen LogP contribution < -0.4 is 10.6 Å². The summed E-state index contributed by atoms with van der Waals surface area (Å²) in [6.07, 6.45) is 3.74. The molecular weight excluding hydrogens is 318 g/mol. The molecule has 2 amide bonds. The molecule has 2 N–H and O–H groups in total.